The summed E-state index contributed by atoms with van der Waals surface area (Å²) in [7, 11) is 0. The Bertz CT molecular complexity index is 1370. The Morgan fingerprint density at radius 2 is 1.91 bits per heavy atom. The quantitative estimate of drug-likeness (QED) is 0.249. The van der Waals surface area contributed by atoms with E-state index in [0.717, 1.165) is 52.4 Å². The second-order valence-electron chi connectivity index (χ2n) is 7.00. The molecule has 35 heavy (non-hydrogen) atoms. The molecule has 2 N–H and O–H groups in total. The van der Waals surface area contributed by atoms with Crippen LogP contribution in [-0.2, 0) is 11.2 Å². The molecule has 1 aliphatic rings. The number of amides is 1. The summed E-state index contributed by atoms with van der Waals surface area (Å²) in [6.07, 6.45) is 1.63. The summed E-state index contributed by atoms with van der Waals surface area (Å²) in [5.74, 6) is -1.45. The zero-order valence-electron chi connectivity index (χ0n) is 18.6. The molecule has 0 aliphatic carbocycles. The molecular formula is C24H19ClF2N4O2S2. The first kappa shape index (κ1) is 24.9. The number of benzene rings is 3. The fourth-order valence-corrected chi connectivity index (χ4v) is 4.62. The second-order valence-corrected chi connectivity index (χ2v) is 9.07. The highest BCUT2D eigenvalue weighted by atomic mass is 35.5. The summed E-state index contributed by atoms with van der Waals surface area (Å²) >= 11 is 8.17. The number of carbonyl (C=O) groups excluding carboxylic acids is 1. The van der Waals surface area contributed by atoms with Crippen LogP contribution in [0.5, 0.6) is 11.5 Å². The summed E-state index contributed by atoms with van der Waals surface area (Å²) in [6.45, 7) is 4.00. The van der Waals surface area contributed by atoms with Crippen LogP contribution in [0.2, 0.25) is 5.02 Å². The Kier molecular flexibility index (Phi) is 7.84. The molecule has 1 aromatic heterocycles. The van der Waals surface area contributed by atoms with Crippen molar-refractivity contribution in [1.29, 1.82) is 0 Å². The third-order valence-corrected chi connectivity index (χ3v) is 6.57. The Morgan fingerprint density at radius 1 is 1.09 bits per heavy atom. The maximum Gasteiger partial charge on any atom is 0.228 e. The van der Waals surface area contributed by atoms with E-state index in [4.69, 9.17) is 16.3 Å². The van der Waals surface area contributed by atoms with Crippen LogP contribution in [-0.4, -0.2) is 15.3 Å². The number of halogens is 3. The van der Waals surface area contributed by atoms with E-state index >= 15 is 0 Å². The third kappa shape index (κ3) is 5.72. The number of nitrogens with one attached hydrogen (secondary N) is 2. The van der Waals surface area contributed by atoms with Gasteiger partial charge in [0.25, 0.3) is 0 Å². The molecule has 4 aromatic rings. The highest BCUT2D eigenvalue weighted by molar-refractivity contribution is 8.00. The largest absolute Gasteiger partial charge is 0.454 e. The molecule has 0 bridgehead atoms. The molecule has 180 valence electrons. The number of nitrogens with zero attached hydrogens (tertiary/aromatic N) is 2. The maximum atomic E-state index is 14.8. The van der Waals surface area contributed by atoms with Gasteiger partial charge in [-0.15, -0.1) is 0 Å². The van der Waals surface area contributed by atoms with E-state index < -0.39 is 11.6 Å². The lowest BCUT2D eigenvalue weighted by atomic mass is 10.0. The summed E-state index contributed by atoms with van der Waals surface area (Å²) in [6, 6.07) is 12.3. The third-order valence-electron chi connectivity index (χ3n) is 4.80. The lowest BCUT2D eigenvalue weighted by Gasteiger charge is -2.14. The zero-order valence-corrected chi connectivity index (χ0v) is 21.0. The van der Waals surface area contributed by atoms with Gasteiger partial charge in [-0.3, -0.25) is 4.79 Å². The molecule has 0 saturated carbocycles. The van der Waals surface area contributed by atoms with E-state index in [-0.39, 0.29) is 23.0 Å². The van der Waals surface area contributed by atoms with E-state index in [2.05, 4.69) is 19.4 Å². The molecule has 1 amide bonds. The zero-order chi connectivity index (χ0) is 24.9. The van der Waals surface area contributed by atoms with Gasteiger partial charge in [-0.2, -0.15) is 4.37 Å². The van der Waals surface area contributed by atoms with Gasteiger partial charge in [0.2, 0.25) is 11.0 Å². The number of aromatic nitrogens is 2. The Labute approximate surface area is 214 Å². The average molecular weight is 533 g/mol. The van der Waals surface area contributed by atoms with Crippen LogP contribution in [0.1, 0.15) is 19.4 Å². The predicted molar refractivity (Wildman–Crippen MR) is 136 cm³/mol. The van der Waals surface area contributed by atoms with Gasteiger partial charge in [-0.05, 0) is 59.5 Å². The number of fused-ring (bicyclic) bond motifs is 1. The summed E-state index contributed by atoms with van der Waals surface area (Å²) < 4.78 is 41.8. The van der Waals surface area contributed by atoms with E-state index in [1.165, 1.54) is 6.33 Å². The SMILES string of the molecule is CC.O=C1Cc2cc(-c3cc(Cl)ccc3Oc3cc(F)c(SNc4ncns4)cc3F)ccc2N1. The lowest BCUT2D eigenvalue weighted by molar-refractivity contribution is -0.115. The van der Waals surface area contributed by atoms with Gasteiger partial charge in [-0.1, -0.05) is 31.5 Å². The van der Waals surface area contributed by atoms with Gasteiger partial charge in [0.1, 0.15) is 17.9 Å². The number of hydrogen-bond donors (Lipinski definition) is 2. The normalized spacial score (nSPS) is 11.9. The monoisotopic (exact) mass is 532 g/mol. The van der Waals surface area contributed by atoms with E-state index in [0.29, 0.717) is 21.5 Å². The van der Waals surface area contributed by atoms with Gasteiger partial charge < -0.3 is 14.8 Å². The molecule has 1 aliphatic heterocycles. The minimum absolute atomic E-state index is 0.0437. The maximum absolute atomic E-state index is 14.8. The van der Waals surface area contributed by atoms with Gasteiger partial charge in [-0.25, -0.2) is 13.8 Å². The van der Waals surface area contributed by atoms with Crippen LogP contribution in [0.4, 0.5) is 19.6 Å². The molecule has 0 fully saturated rings. The molecule has 0 radical (unpaired) electrons. The number of anilines is 2. The first-order valence-corrected chi connectivity index (χ1v) is 12.5. The molecule has 11 heteroatoms. The smallest absolute Gasteiger partial charge is 0.228 e. The van der Waals surface area contributed by atoms with Crippen molar-refractivity contribution in [3.63, 3.8) is 0 Å². The fourth-order valence-electron chi connectivity index (χ4n) is 3.32. The van der Waals surface area contributed by atoms with Gasteiger partial charge in [0, 0.05) is 33.9 Å². The predicted octanol–water partition coefficient (Wildman–Crippen LogP) is 7.57. The summed E-state index contributed by atoms with van der Waals surface area (Å²) in [4.78, 5) is 15.6. The van der Waals surface area contributed by atoms with Crippen molar-refractivity contribution >= 4 is 51.8 Å². The van der Waals surface area contributed by atoms with Crippen LogP contribution in [0, 0.1) is 11.6 Å². The second kappa shape index (κ2) is 11.0. The van der Waals surface area contributed by atoms with Crippen molar-refractivity contribution in [3.8, 4) is 22.6 Å². The summed E-state index contributed by atoms with van der Waals surface area (Å²) in [5, 5.41) is 3.70. The molecule has 0 spiro atoms. The van der Waals surface area contributed by atoms with Gasteiger partial charge in [0.15, 0.2) is 11.6 Å². The molecule has 6 nitrogen and oxygen atoms in total. The molecule has 0 atom stereocenters. The number of rotatable bonds is 6. The van der Waals surface area contributed by atoms with Gasteiger partial charge in [0.05, 0.1) is 11.3 Å². The first-order valence-electron chi connectivity index (χ1n) is 10.6. The molecule has 0 unspecified atom stereocenters. The topological polar surface area (TPSA) is 76.1 Å². The van der Waals surface area contributed by atoms with Crippen molar-refractivity contribution < 1.29 is 18.3 Å². The van der Waals surface area contributed by atoms with Crippen molar-refractivity contribution in [3.05, 3.63) is 77.1 Å². The van der Waals surface area contributed by atoms with Gasteiger partial charge >= 0.3 is 0 Å². The molecule has 3 aromatic carbocycles. The van der Waals surface area contributed by atoms with Crippen molar-refractivity contribution in [2.45, 2.75) is 25.2 Å². The lowest BCUT2D eigenvalue weighted by Crippen LogP contribution is -2.03. The minimum Gasteiger partial charge on any atom is -0.454 e. The van der Waals surface area contributed by atoms with Crippen LogP contribution < -0.4 is 14.8 Å². The Morgan fingerprint density at radius 3 is 2.69 bits per heavy atom. The van der Waals surface area contributed by atoms with Crippen molar-refractivity contribution in [1.82, 2.24) is 9.36 Å². The standard InChI is InChI=1S/C22H13ClF2N4O2S2.C2H6/c23-13-2-4-18(14(7-13)11-1-3-17-12(5-11)6-21(30)28-17)31-19-8-16(25)20(9-15(19)24)32-29-22-26-10-27-33-22;1-2/h1-5,7-10H,6H2,(H,28,30)(H,26,27,29);1-2H3. The molecule has 0 saturated heterocycles. The molecule has 5 rings (SSSR count). The highest BCUT2D eigenvalue weighted by Gasteiger charge is 2.20. The van der Waals surface area contributed by atoms with E-state index in [1.54, 1.807) is 30.3 Å². The molecule has 2 heterocycles. The first-order chi connectivity index (χ1) is 17.0. The fraction of sp³-hybridized carbons (Fsp3) is 0.125. The minimum atomic E-state index is -0.734. The number of carbonyl (C=O) groups is 1. The van der Waals surface area contributed by atoms with Crippen molar-refractivity contribution in [2.75, 3.05) is 10.0 Å². The highest BCUT2D eigenvalue weighted by Crippen LogP contribution is 2.39. The van der Waals surface area contributed by atoms with E-state index in [9.17, 15) is 13.6 Å². The molecular weight excluding hydrogens is 514 g/mol. The Balaban J connectivity index is 0.00000141. The number of hydrogen-bond acceptors (Lipinski definition) is 7. The Hall–Kier alpha value is -3.21. The number of ether oxygens (including phenoxy) is 1. The summed E-state index contributed by atoms with van der Waals surface area (Å²) in [5.41, 5.74) is 2.90. The van der Waals surface area contributed by atoms with Crippen LogP contribution in [0.25, 0.3) is 11.1 Å². The van der Waals surface area contributed by atoms with E-state index in [1.807, 2.05) is 19.9 Å². The van der Waals surface area contributed by atoms with Crippen LogP contribution in [0.3, 0.4) is 0 Å². The average Bonchev–Trinajstić information content (AvgIpc) is 3.50. The van der Waals surface area contributed by atoms with Crippen molar-refractivity contribution in [2.24, 2.45) is 0 Å². The van der Waals surface area contributed by atoms with Crippen LogP contribution in [0.15, 0.2) is 59.8 Å². The van der Waals surface area contributed by atoms with Crippen LogP contribution >= 0.6 is 35.1 Å².